The number of rotatable bonds is 7. The molecule has 0 saturated heterocycles. The van der Waals surface area contributed by atoms with Gasteiger partial charge in [0.2, 0.25) is 0 Å². The zero-order chi connectivity index (χ0) is 16.7. The lowest BCUT2D eigenvalue weighted by Crippen LogP contribution is -2.44. The Hall–Kier alpha value is -2.55. The summed E-state index contributed by atoms with van der Waals surface area (Å²) in [5.74, 6) is -1.03. The SMILES string of the molecule is CC(C)CN(CC(=O)O)C(=O)C(C)Oc1ccccc1C#N. The van der Waals surface area contributed by atoms with Gasteiger partial charge in [0.15, 0.2) is 6.10 Å². The normalized spacial score (nSPS) is 11.6. The van der Waals surface area contributed by atoms with E-state index in [4.69, 9.17) is 15.1 Å². The van der Waals surface area contributed by atoms with E-state index < -0.39 is 18.0 Å². The quantitative estimate of drug-likeness (QED) is 0.830. The van der Waals surface area contributed by atoms with Gasteiger partial charge in [0.1, 0.15) is 18.4 Å². The molecule has 6 heteroatoms. The van der Waals surface area contributed by atoms with Crippen molar-refractivity contribution < 1.29 is 19.4 Å². The summed E-state index contributed by atoms with van der Waals surface area (Å²) in [4.78, 5) is 24.5. The Morgan fingerprint density at radius 1 is 1.32 bits per heavy atom. The van der Waals surface area contributed by atoms with E-state index in [1.165, 1.54) is 4.90 Å². The van der Waals surface area contributed by atoms with Crippen molar-refractivity contribution in [3.8, 4) is 11.8 Å². The van der Waals surface area contributed by atoms with E-state index in [9.17, 15) is 9.59 Å². The number of para-hydroxylation sites is 1. The predicted molar refractivity (Wildman–Crippen MR) is 80.3 cm³/mol. The number of aliphatic carboxylic acids is 1. The van der Waals surface area contributed by atoms with Gasteiger partial charge in [-0.2, -0.15) is 5.26 Å². The van der Waals surface area contributed by atoms with Gasteiger partial charge >= 0.3 is 5.97 Å². The molecule has 22 heavy (non-hydrogen) atoms. The van der Waals surface area contributed by atoms with Crippen molar-refractivity contribution in [1.82, 2.24) is 4.90 Å². The summed E-state index contributed by atoms with van der Waals surface area (Å²) in [6.45, 7) is 5.31. The summed E-state index contributed by atoms with van der Waals surface area (Å²) < 4.78 is 5.54. The summed E-state index contributed by atoms with van der Waals surface area (Å²) in [7, 11) is 0. The summed E-state index contributed by atoms with van der Waals surface area (Å²) in [6.07, 6.45) is -0.868. The highest BCUT2D eigenvalue weighted by Gasteiger charge is 2.25. The maximum Gasteiger partial charge on any atom is 0.323 e. The molecule has 6 nitrogen and oxygen atoms in total. The fraction of sp³-hybridized carbons (Fsp3) is 0.438. The van der Waals surface area contributed by atoms with Crippen molar-refractivity contribution in [2.75, 3.05) is 13.1 Å². The Morgan fingerprint density at radius 3 is 2.50 bits per heavy atom. The Labute approximate surface area is 129 Å². The third-order valence-corrected chi connectivity index (χ3v) is 2.88. The lowest BCUT2D eigenvalue weighted by molar-refractivity contribution is -0.147. The number of amides is 1. The van der Waals surface area contributed by atoms with Crippen molar-refractivity contribution in [2.45, 2.75) is 26.9 Å². The molecule has 1 rings (SSSR count). The molecule has 1 aromatic rings. The number of nitrogens with zero attached hydrogens (tertiary/aromatic N) is 2. The molecule has 0 aliphatic rings. The molecule has 0 aliphatic heterocycles. The van der Waals surface area contributed by atoms with Crippen LogP contribution in [0.1, 0.15) is 26.3 Å². The van der Waals surface area contributed by atoms with Crippen LogP contribution in [-0.4, -0.2) is 41.1 Å². The average Bonchev–Trinajstić information content (AvgIpc) is 2.45. The maximum atomic E-state index is 12.4. The predicted octanol–water partition coefficient (Wildman–Crippen LogP) is 1.89. The van der Waals surface area contributed by atoms with Crippen LogP contribution >= 0.6 is 0 Å². The molecule has 0 saturated carbocycles. The van der Waals surface area contributed by atoms with Gasteiger partial charge in [-0.1, -0.05) is 26.0 Å². The highest BCUT2D eigenvalue weighted by atomic mass is 16.5. The van der Waals surface area contributed by atoms with Gasteiger partial charge in [-0.25, -0.2) is 0 Å². The largest absolute Gasteiger partial charge is 0.480 e. The highest BCUT2D eigenvalue weighted by molar-refractivity contribution is 5.84. The number of carboxylic acids is 1. The van der Waals surface area contributed by atoms with Crippen molar-refractivity contribution in [3.63, 3.8) is 0 Å². The number of hydrogen-bond acceptors (Lipinski definition) is 4. The summed E-state index contributed by atoms with van der Waals surface area (Å²) >= 11 is 0. The van der Waals surface area contributed by atoms with Gasteiger partial charge in [-0.05, 0) is 25.0 Å². The third kappa shape index (κ3) is 5.09. The highest BCUT2D eigenvalue weighted by Crippen LogP contribution is 2.19. The maximum absolute atomic E-state index is 12.4. The zero-order valence-corrected chi connectivity index (χ0v) is 12.9. The second kappa shape index (κ2) is 8.03. The first kappa shape index (κ1) is 17.5. The molecular formula is C16H20N2O4. The van der Waals surface area contributed by atoms with E-state index in [2.05, 4.69) is 0 Å². The standard InChI is InChI=1S/C16H20N2O4/c1-11(2)9-18(10-15(19)20)16(21)12(3)22-14-7-5-4-6-13(14)8-17/h4-7,11-12H,9-10H2,1-3H3,(H,19,20). The van der Waals surface area contributed by atoms with Crippen molar-refractivity contribution >= 4 is 11.9 Å². The lowest BCUT2D eigenvalue weighted by Gasteiger charge is -2.26. The lowest BCUT2D eigenvalue weighted by atomic mass is 10.2. The Balaban J connectivity index is 2.85. The van der Waals surface area contributed by atoms with Crippen molar-refractivity contribution in [2.24, 2.45) is 5.92 Å². The molecule has 1 amide bonds. The van der Waals surface area contributed by atoms with E-state index in [0.29, 0.717) is 17.9 Å². The Kier molecular flexibility index (Phi) is 6.39. The molecule has 0 aromatic heterocycles. The van der Waals surface area contributed by atoms with E-state index in [0.717, 1.165) is 0 Å². The van der Waals surface area contributed by atoms with Gasteiger partial charge in [0, 0.05) is 6.54 Å². The van der Waals surface area contributed by atoms with Crippen molar-refractivity contribution in [3.05, 3.63) is 29.8 Å². The first-order valence-electron chi connectivity index (χ1n) is 7.01. The number of carbonyl (C=O) groups excluding carboxylic acids is 1. The van der Waals surface area contributed by atoms with Gasteiger partial charge < -0.3 is 14.7 Å². The van der Waals surface area contributed by atoms with Crippen LogP contribution in [-0.2, 0) is 9.59 Å². The molecular weight excluding hydrogens is 284 g/mol. The van der Waals surface area contributed by atoms with E-state index >= 15 is 0 Å². The number of ether oxygens (including phenoxy) is 1. The van der Waals surface area contributed by atoms with Crippen LogP contribution in [0.15, 0.2) is 24.3 Å². The van der Waals surface area contributed by atoms with Crippen LogP contribution in [0.25, 0.3) is 0 Å². The molecule has 1 unspecified atom stereocenters. The molecule has 1 N–H and O–H groups in total. The number of carboxylic acid groups (broad SMARTS) is 1. The van der Waals surface area contributed by atoms with Crippen LogP contribution in [0.3, 0.4) is 0 Å². The minimum absolute atomic E-state index is 0.141. The fourth-order valence-electron chi connectivity index (χ4n) is 2.00. The Bertz CT molecular complexity index is 578. The van der Waals surface area contributed by atoms with Crippen LogP contribution in [0.5, 0.6) is 5.75 Å². The molecule has 0 aliphatic carbocycles. The molecule has 0 fully saturated rings. The number of nitriles is 1. The minimum atomic E-state index is -1.07. The van der Waals surface area contributed by atoms with E-state index in [1.54, 1.807) is 31.2 Å². The van der Waals surface area contributed by atoms with Gasteiger partial charge in [0.05, 0.1) is 5.56 Å². The first-order valence-corrected chi connectivity index (χ1v) is 7.01. The number of hydrogen-bond donors (Lipinski definition) is 1. The van der Waals surface area contributed by atoms with Crippen LogP contribution in [0, 0.1) is 17.2 Å². The van der Waals surface area contributed by atoms with E-state index in [-0.39, 0.29) is 12.5 Å². The van der Waals surface area contributed by atoms with Crippen LogP contribution in [0.2, 0.25) is 0 Å². The smallest absolute Gasteiger partial charge is 0.323 e. The second-order valence-corrected chi connectivity index (χ2v) is 5.37. The summed E-state index contributed by atoms with van der Waals surface area (Å²) in [5.41, 5.74) is 0.329. The van der Waals surface area contributed by atoms with Crippen molar-refractivity contribution in [1.29, 1.82) is 5.26 Å². The molecule has 0 bridgehead atoms. The molecule has 1 aromatic carbocycles. The summed E-state index contributed by atoms with van der Waals surface area (Å²) in [5, 5.41) is 17.9. The fourth-order valence-corrected chi connectivity index (χ4v) is 2.00. The van der Waals surface area contributed by atoms with Gasteiger partial charge in [0.25, 0.3) is 5.91 Å². The number of carbonyl (C=O) groups is 2. The van der Waals surface area contributed by atoms with Crippen LogP contribution < -0.4 is 4.74 Å². The Morgan fingerprint density at radius 2 is 1.95 bits per heavy atom. The number of benzene rings is 1. The molecule has 1 atom stereocenters. The molecule has 0 radical (unpaired) electrons. The minimum Gasteiger partial charge on any atom is -0.480 e. The molecule has 0 heterocycles. The summed E-state index contributed by atoms with van der Waals surface area (Å²) in [6, 6.07) is 8.59. The second-order valence-electron chi connectivity index (χ2n) is 5.37. The first-order chi connectivity index (χ1) is 10.3. The average molecular weight is 304 g/mol. The third-order valence-electron chi connectivity index (χ3n) is 2.88. The van der Waals surface area contributed by atoms with Gasteiger partial charge in [-0.15, -0.1) is 0 Å². The topological polar surface area (TPSA) is 90.6 Å². The molecule has 118 valence electrons. The molecule has 0 spiro atoms. The van der Waals surface area contributed by atoms with E-state index in [1.807, 2.05) is 19.9 Å². The monoisotopic (exact) mass is 304 g/mol. The van der Waals surface area contributed by atoms with Gasteiger partial charge in [-0.3, -0.25) is 9.59 Å². The zero-order valence-electron chi connectivity index (χ0n) is 12.9. The van der Waals surface area contributed by atoms with Crippen LogP contribution in [0.4, 0.5) is 0 Å².